The van der Waals surface area contributed by atoms with Crippen molar-refractivity contribution in [2.24, 2.45) is 5.73 Å². The molecule has 5 nitrogen and oxygen atoms in total. The van der Waals surface area contributed by atoms with Crippen LogP contribution in [0.15, 0.2) is 47.2 Å². The van der Waals surface area contributed by atoms with Gasteiger partial charge in [-0.25, -0.2) is 9.97 Å². The summed E-state index contributed by atoms with van der Waals surface area (Å²) >= 11 is 3.32. The third kappa shape index (κ3) is 3.75. The Balaban J connectivity index is 2.28. The Morgan fingerprint density at radius 2 is 1.84 bits per heavy atom. The van der Waals surface area contributed by atoms with Crippen LogP contribution < -0.4 is 10.6 Å². The SMILES string of the molecule is N=C(N)CCN(c1ccccc1)c1ncc(Br)cn1. The Hall–Kier alpha value is -1.95. The summed E-state index contributed by atoms with van der Waals surface area (Å²) in [5, 5.41) is 7.35. The van der Waals surface area contributed by atoms with Gasteiger partial charge in [0.2, 0.25) is 5.95 Å². The van der Waals surface area contributed by atoms with Crippen LogP contribution in [0.4, 0.5) is 11.6 Å². The van der Waals surface area contributed by atoms with Gasteiger partial charge in [0.15, 0.2) is 0 Å². The average molecular weight is 320 g/mol. The van der Waals surface area contributed by atoms with Crippen molar-refractivity contribution in [2.45, 2.75) is 6.42 Å². The average Bonchev–Trinajstić information content (AvgIpc) is 2.42. The zero-order valence-electron chi connectivity index (χ0n) is 10.3. The number of benzene rings is 1. The van der Waals surface area contributed by atoms with Crippen molar-refractivity contribution in [1.29, 1.82) is 5.41 Å². The molecule has 0 fully saturated rings. The number of nitrogens with two attached hydrogens (primary N) is 1. The lowest BCUT2D eigenvalue weighted by molar-refractivity contribution is 0.901. The van der Waals surface area contributed by atoms with Gasteiger partial charge in [-0.05, 0) is 28.1 Å². The van der Waals surface area contributed by atoms with Crippen LogP contribution in [0, 0.1) is 5.41 Å². The summed E-state index contributed by atoms with van der Waals surface area (Å²) in [6, 6.07) is 9.82. The van der Waals surface area contributed by atoms with Gasteiger partial charge in [0.1, 0.15) is 0 Å². The number of para-hydroxylation sites is 1. The number of anilines is 2. The summed E-state index contributed by atoms with van der Waals surface area (Å²) < 4.78 is 0.829. The zero-order valence-corrected chi connectivity index (χ0v) is 11.8. The highest BCUT2D eigenvalue weighted by atomic mass is 79.9. The summed E-state index contributed by atoms with van der Waals surface area (Å²) in [7, 11) is 0. The Morgan fingerprint density at radius 3 is 2.42 bits per heavy atom. The first kappa shape index (κ1) is 13.5. The standard InChI is InChI=1S/C13H14BrN5/c14-10-8-17-13(18-9-10)19(7-6-12(15)16)11-4-2-1-3-5-11/h1-5,8-9H,6-7H2,(H3,15,16). The van der Waals surface area contributed by atoms with E-state index in [9.17, 15) is 0 Å². The van der Waals surface area contributed by atoms with E-state index in [1.54, 1.807) is 12.4 Å². The van der Waals surface area contributed by atoms with Crippen molar-refractivity contribution in [3.8, 4) is 0 Å². The highest BCUT2D eigenvalue weighted by Crippen LogP contribution is 2.22. The molecule has 0 aliphatic rings. The maximum atomic E-state index is 7.35. The Morgan fingerprint density at radius 1 is 1.21 bits per heavy atom. The van der Waals surface area contributed by atoms with Crippen LogP contribution in [-0.4, -0.2) is 22.3 Å². The second-order valence-corrected chi connectivity index (χ2v) is 4.88. The fourth-order valence-electron chi connectivity index (χ4n) is 1.63. The summed E-state index contributed by atoms with van der Waals surface area (Å²) in [6.45, 7) is 0.570. The summed E-state index contributed by atoms with van der Waals surface area (Å²) in [6.07, 6.45) is 3.87. The third-order valence-corrected chi connectivity index (χ3v) is 2.93. The fourth-order valence-corrected chi connectivity index (χ4v) is 1.83. The van der Waals surface area contributed by atoms with E-state index >= 15 is 0 Å². The minimum atomic E-state index is 0.151. The van der Waals surface area contributed by atoms with E-state index in [0.29, 0.717) is 18.9 Å². The van der Waals surface area contributed by atoms with Gasteiger partial charge in [-0.3, -0.25) is 5.41 Å². The molecule has 0 radical (unpaired) electrons. The Bertz CT molecular complexity index is 541. The molecular weight excluding hydrogens is 306 g/mol. The molecular formula is C13H14BrN5. The molecule has 2 aromatic rings. The Labute approximate surface area is 120 Å². The van der Waals surface area contributed by atoms with E-state index in [0.717, 1.165) is 10.2 Å². The highest BCUT2D eigenvalue weighted by Gasteiger charge is 2.11. The van der Waals surface area contributed by atoms with Crippen molar-refractivity contribution in [2.75, 3.05) is 11.4 Å². The first-order chi connectivity index (χ1) is 9.16. The molecule has 3 N–H and O–H groups in total. The number of aromatic nitrogens is 2. The molecule has 1 aromatic carbocycles. The van der Waals surface area contributed by atoms with Crippen LogP contribution in [-0.2, 0) is 0 Å². The molecule has 1 heterocycles. The van der Waals surface area contributed by atoms with Gasteiger partial charge in [0, 0.05) is 31.0 Å². The molecule has 0 atom stereocenters. The quantitative estimate of drug-likeness (QED) is 0.656. The first-order valence-corrected chi connectivity index (χ1v) is 6.59. The topological polar surface area (TPSA) is 78.9 Å². The molecule has 0 aliphatic carbocycles. The van der Waals surface area contributed by atoms with E-state index in [2.05, 4.69) is 25.9 Å². The predicted molar refractivity (Wildman–Crippen MR) is 79.7 cm³/mol. The number of halogens is 1. The van der Waals surface area contributed by atoms with Gasteiger partial charge in [-0.15, -0.1) is 0 Å². The summed E-state index contributed by atoms with van der Waals surface area (Å²) in [5.74, 6) is 0.744. The minimum Gasteiger partial charge on any atom is -0.388 e. The van der Waals surface area contributed by atoms with Crippen LogP contribution in [0.2, 0.25) is 0 Å². The van der Waals surface area contributed by atoms with Crippen molar-refractivity contribution in [1.82, 2.24) is 9.97 Å². The third-order valence-electron chi connectivity index (χ3n) is 2.52. The molecule has 0 saturated carbocycles. The number of nitrogens with one attached hydrogen (secondary N) is 1. The van der Waals surface area contributed by atoms with Gasteiger partial charge in [0.25, 0.3) is 0 Å². The molecule has 0 spiro atoms. The van der Waals surface area contributed by atoms with Gasteiger partial charge < -0.3 is 10.6 Å². The molecule has 6 heteroatoms. The van der Waals surface area contributed by atoms with Gasteiger partial charge in [-0.1, -0.05) is 18.2 Å². The summed E-state index contributed by atoms with van der Waals surface area (Å²) in [5.41, 5.74) is 6.41. The lowest BCUT2D eigenvalue weighted by atomic mass is 10.2. The number of amidine groups is 1. The second kappa shape index (κ2) is 6.29. The molecule has 0 amide bonds. The molecule has 0 aliphatic heterocycles. The van der Waals surface area contributed by atoms with E-state index < -0.39 is 0 Å². The maximum absolute atomic E-state index is 7.35. The van der Waals surface area contributed by atoms with Crippen molar-refractivity contribution in [3.63, 3.8) is 0 Å². The zero-order chi connectivity index (χ0) is 13.7. The molecule has 0 bridgehead atoms. The summed E-state index contributed by atoms with van der Waals surface area (Å²) in [4.78, 5) is 10.5. The molecule has 98 valence electrons. The normalized spacial score (nSPS) is 10.2. The first-order valence-electron chi connectivity index (χ1n) is 5.80. The van der Waals surface area contributed by atoms with E-state index in [1.165, 1.54) is 0 Å². The van der Waals surface area contributed by atoms with Crippen LogP contribution in [0.5, 0.6) is 0 Å². The monoisotopic (exact) mass is 319 g/mol. The smallest absolute Gasteiger partial charge is 0.229 e. The fraction of sp³-hybridized carbons (Fsp3) is 0.154. The molecule has 1 aromatic heterocycles. The maximum Gasteiger partial charge on any atom is 0.229 e. The van der Waals surface area contributed by atoms with Gasteiger partial charge in [-0.2, -0.15) is 0 Å². The lowest BCUT2D eigenvalue weighted by Crippen LogP contribution is -2.25. The van der Waals surface area contributed by atoms with Crippen molar-refractivity contribution in [3.05, 3.63) is 47.2 Å². The molecule has 0 saturated heterocycles. The highest BCUT2D eigenvalue weighted by molar-refractivity contribution is 9.10. The second-order valence-electron chi connectivity index (χ2n) is 3.96. The Kier molecular flexibility index (Phi) is 4.46. The minimum absolute atomic E-state index is 0.151. The van der Waals surface area contributed by atoms with Gasteiger partial charge >= 0.3 is 0 Å². The molecule has 19 heavy (non-hydrogen) atoms. The van der Waals surface area contributed by atoms with Crippen LogP contribution in [0.3, 0.4) is 0 Å². The predicted octanol–water partition coefficient (Wildman–Crippen LogP) is 2.70. The number of rotatable bonds is 5. The number of nitrogens with zero attached hydrogens (tertiary/aromatic N) is 3. The number of hydrogen-bond donors (Lipinski definition) is 2. The lowest BCUT2D eigenvalue weighted by Gasteiger charge is -2.22. The van der Waals surface area contributed by atoms with Crippen LogP contribution in [0.25, 0.3) is 0 Å². The number of hydrogen-bond acceptors (Lipinski definition) is 4. The molecule has 2 rings (SSSR count). The van der Waals surface area contributed by atoms with Crippen LogP contribution >= 0.6 is 15.9 Å². The van der Waals surface area contributed by atoms with E-state index in [-0.39, 0.29) is 5.84 Å². The van der Waals surface area contributed by atoms with Crippen molar-refractivity contribution < 1.29 is 0 Å². The van der Waals surface area contributed by atoms with Crippen molar-refractivity contribution >= 4 is 33.4 Å². The van der Waals surface area contributed by atoms with E-state index in [4.69, 9.17) is 11.1 Å². The van der Waals surface area contributed by atoms with Crippen LogP contribution in [0.1, 0.15) is 6.42 Å². The van der Waals surface area contributed by atoms with E-state index in [1.807, 2.05) is 35.2 Å². The largest absolute Gasteiger partial charge is 0.388 e. The van der Waals surface area contributed by atoms with Gasteiger partial charge in [0.05, 0.1) is 10.3 Å². The molecule has 0 unspecified atom stereocenters.